The first kappa shape index (κ1) is 12.8. The molecular weight excluding hydrogens is 331 g/mol. The fourth-order valence-electron chi connectivity index (χ4n) is 1.63. The first-order chi connectivity index (χ1) is 8.16. The van der Waals surface area contributed by atoms with Gasteiger partial charge in [0.25, 0.3) is 0 Å². The number of carbonyl (C=O) groups is 1. The first-order valence-electron chi connectivity index (χ1n) is 5.55. The van der Waals surface area contributed by atoms with Gasteiger partial charge in [-0.25, -0.2) is 0 Å². The van der Waals surface area contributed by atoms with E-state index in [-0.39, 0.29) is 11.9 Å². The van der Waals surface area contributed by atoms with Crippen LogP contribution in [0, 0.1) is 10.5 Å². The summed E-state index contributed by atoms with van der Waals surface area (Å²) < 4.78 is 6.41. The standard InChI is InChI=1S/C12H15IN2O2/c1-8-2-3-9(6-10(8)13)15-12(16)11-7-17-5-4-14-11/h2-3,6,11,14H,4-5,7H2,1H3,(H,15,16). The van der Waals surface area contributed by atoms with E-state index in [1.54, 1.807) is 0 Å². The third kappa shape index (κ3) is 3.40. The van der Waals surface area contributed by atoms with E-state index in [0.717, 1.165) is 15.8 Å². The van der Waals surface area contributed by atoms with Crippen molar-refractivity contribution in [2.75, 3.05) is 25.1 Å². The number of carbonyl (C=O) groups excluding carboxylic acids is 1. The van der Waals surface area contributed by atoms with Crippen molar-refractivity contribution in [3.8, 4) is 0 Å². The molecule has 1 aromatic rings. The van der Waals surface area contributed by atoms with Gasteiger partial charge in [-0.15, -0.1) is 0 Å². The van der Waals surface area contributed by atoms with E-state index < -0.39 is 0 Å². The molecule has 5 heteroatoms. The van der Waals surface area contributed by atoms with Crippen LogP contribution < -0.4 is 10.6 Å². The summed E-state index contributed by atoms with van der Waals surface area (Å²) in [4.78, 5) is 11.9. The van der Waals surface area contributed by atoms with Crippen LogP contribution in [0.5, 0.6) is 0 Å². The summed E-state index contributed by atoms with van der Waals surface area (Å²) in [7, 11) is 0. The topological polar surface area (TPSA) is 50.4 Å². The van der Waals surface area contributed by atoms with Gasteiger partial charge in [-0.05, 0) is 47.2 Å². The number of anilines is 1. The molecule has 1 heterocycles. The number of halogens is 1. The Morgan fingerprint density at radius 2 is 2.41 bits per heavy atom. The minimum Gasteiger partial charge on any atom is -0.378 e. The molecule has 1 fully saturated rings. The van der Waals surface area contributed by atoms with Crippen LogP contribution in [0.25, 0.3) is 0 Å². The third-order valence-electron chi connectivity index (χ3n) is 2.68. The minimum atomic E-state index is -0.247. The van der Waals surface area contributed by atoms with E-state index in [1.165, 1.54) is 5.56 Å². The normalized spacial score (nSPS) is 20.0. The van der Waals surface area contributed by atoms with Gasteiger partial charge in [0.2, 0.25) is 5.91 Å². The van der Waals surface area contributed by atoms with Gasteiger partial charge in [0, 0.05) is 15.8 Å². The fraction of sp³-hybridized carbons (Fsp3) is 0.417. The molecular formula is C12H15IN2O2. The molecule has 1 unspecified atom stereocenters. The molecule has 2 rings (SSSR count). The first-order valence-corrected chi connectivity index (χ1v) is 6.63. The number of benzene rings is 1. The summed E-state index contributed by atoms with van der Waals surface area (Å²) in [5.41, 5.74) is 2.04. The number of aryl methyl sites for hydroxylation is 1. The predicted octanol–water partition coefficient (Wildman–Crippen LogP) is 1.53. The number of rotatable bonds is 2. The third-order valence-corrected chi connectivity index (χ3v) is 3.84. The van der Waals surface area contributed by atoms with Crippen LogP contribution in [-0.2, 0) is 9.53 Å². The highest BCUT2D eigenvalue weighted by Crippen LogP contribution is 2.17. The van der Waals surface area contributed by atoms with Crippen molar-refractivity contribution in [3.05, 3.63) is 27.3 Å². The Labute approximate surface area is 114 Å². The lowest BCUT2D eigenvalue weighted by molar-refractivity contribution is -0.120. The lowest BCUT2D eigenvalue weighted by Crippen LogP contribution is -2.48. The lowest BCUT2D eigenvalue weighted by Gasteiger charge is -2.22. The van der Waals surface area contributed by atoms with Gasteiger partial charge in [0.05, 0.1) is 13.2 Å². The number of morpholine rings is 1. The largest absolute Gasteiger partial charge is 0.378 e. The second-order valence-corrected chi connectivity index (χ2v) is 5.20. The van der Waals surface area contributed by atoms with Gasteiger partial charge < -0.3 is 15.4 Å². The Balaban J connectivity index is 1.99. The summed E-state index contributed by atoms with van der Waals surface area (Å²) in [6.07, 6.45) is 0. The molecule has 1 aromatic carbocycles. The maximum Gasteiger partial charge on any atom is 0.243 e. The Morgan fingerprint density at radius 3 is 3.06 bits per heavy atom. The second-order valence-electron chi connectivity index (χ2n) is 4.03. The van der Waals surface area contributed by atoms with E-state index in [9.17, 15) is 4.79 Å². The molecule has 0 radical (unpaired) electrons. The van der Waals surface area contributed by atoms with Gasteiger partial charge in [-0.3, -0.25) is 4.79 Å². The van der Waals surface area contributed by atoms with E-state index in [4.69, 9.17) is 4.74 Å². The fourth-order valence-corrected chi connectivity index (χ4v) is 2.15. The highest BCUT2D eigenvalue weighted by molar-refractivity contribution is 14.1. The van der Waals surface area contributed by atoms with Crippen LogP contribution >= 0.6 is 22.6 Å². The van der Waals surface area contributed by atoms with Crippen LogP contribution in [0.4, 0.5) is 5.69 Å². The molecule has 0 saturated carbocycles. The maximum atomic E-state index is 11.9. The lowest BCUT2D eigenvalue weighted by atomic mass is 10.2. The molecule has 1 atom stereocenters. The molecule has 17 heavy (non-hydrogen) atoms. The molecule has 92 valence electrons. The highest BCUT2D eigenvalue weighted by atomic mass is 127. The summed E-state index contributed by atoms with van der Waals surface area (Å²) in [5, 5.41) is 6.02. The quantitative estimate of drug-likeness (QED) is 0.799. The van der Waals surface area contributed by atoms with E-state index in [0.29, 0.717) is 13.2 Å². The van der Waals surface area contributed by atoms with E-state index in [1.807, 2.05) is 25.1 Å². The molecule has 4 nitrogen and oxygen atoms in total. The zero-order chi connectivity index (χ0) is 12.3. The molecule has 2 N–H and O–H groups in total. The number of hydrogen-bond donors (Lipinski definition) is 2. The monoisotopic (exact) mass is 346 g/mol. The van der Waals surface area contributed by atoms with Gasteiger partial charge in [0.1, 0.15) is 6.04 Å². The zero-order valence-electron chi connectivity index (χ0n) is 9.63. The maximum absolute atomic E-state index is 11.9. The van der Waals surface area contributed by atoms with Crippen molar-refractivity contribution in [1.29, 1.82) is 0 Å². The van der Waals surface area contributed by atoms with Gasteiger partial charge >= 0.3 is 0 Å². The van der Waals surface area contributed by atoms with Crippen molar-refractivity contribution in [2.45, 2.75) is 13.0 Å². The number of nitrogens with one attached hydrogen (secondary N) is 2. The van der Waals surface area contributed by atoms with Gasteiger partial charge in [-0.2, -0.15) is 0 Å². The van der Waals surface area contributed by atoms with Crippen LogP contribution in [-0.4, -0.2) is 31.7 Å². The highest BCUT2D eigenvalue weighted by Gasteiger charge is 2.21. The molecule has 1 amide bonds. The summed E-state index contributed by atoms with van der Waals surface area (Å²) >= 11 is 2.26. The molecule has 0 bridgehead atoms. The summed E-state index contributed by atoms with van der Waals surface area (Å²) in [6, 6.07) is 5.64. The minimum absolute atomic E-state index is 0.0376. The Kier molecular flexibility index (Phi) is 4.36. The number of amides is 1. The molecule has 1 aliphatic heterocycles. The van der Waals surface area contributed by atoms with E-state index in [2.05, 4.69) is 33.2 Å². The van der Waals surface area contributed by atoms with Crippen molar-refractivity contribution in [3.63, 3.8) is 0 Å². The van der Waals surface area contributed by atoms with Crippen molar-refractivity contribution in [2.24, 2.45) is 0 Å². The van der Waals surface area contributed by atoms with Gasteiger partial charge in [0.15, 0.2) is 0 Å². The van der Waals surface area contributed by atoms with E-state index >= 15 is 0 Å². The van der Waals surface area contributed by atoms with Crippen LogP contribution in [0.2, 0.25) is 0 Å². The Morgan fingerprint density at radius 1 is 1.59 bits per heavy atom. The van der Waals surface area contributed by atoms with Crippen molar-refractivity contribution < 1.29 is 9.53 Å². The molecule has 0 aliphatic carbocycles. The molecule has 0 aromatic heterocycles. The van der Waals surface area contributed by atoms with Gasteiger partial charge in [-0.1, -0.05) is 6.07 Å². The molecule has 0 spiro atoms. The number of hydrogen-bond acceptors (Lipinski definition) is 3. The van der Waals surface area contributed by atoms with Crippen molar-refractivity contribution in [1.82, 2.24) is 5.32 Å². The second kappa shape index (κ2) is 5.79. The summed E-state index contributed by atoms with van der Waals surface area (Å²) in [5.74, 6) is -0.0376. The zero-order valence-corrected chi connectivity index (χ0v) is 11.8. The molecule has 1 aliphatic rings. The Bertz CT molecular complexity index is 417. The average Bonchev–Trinajstić information content (AvgIpc) is 2.35. The summed E-state index contributed by atoms with van der Waals surface area (Å²) in [6.45, 7) is 3.88. The SMILES string of the molecule is Cc1ccc(NC(=O)C2COCCN2)cc1I. The van der Waals surface area contributed by atoms with Crippen LogP contribution in [0.15, 0.2) is 18.2 Å². The van der Waals surface area contributed by atoms with Crippen LogP contribution in [0.3, 0.4) is 0 Å². The average molecular weight is 346 g/mol. The van der Waals surface area contributed by atoms with Crippen LogP contribution in [0.1, 0.15) is 5.56 Å². The smallest absolute Gasteiger partial charge is 0.243 e. The molecule has 1 saturated heterocycles. The predicted molar refractivity (Wildman–Crippen MR) is 75.1 cm³/mol. The Hall–Kier alpha value is -0.660. The number of ether oxygens (including phenoxy) is 1. The van der Waals surface area contributed by atoms with Crippen molar-refractivity contribution >= 4 is 34.2 Å².